The van der Waals surface area contributed by atoms with E-state index in [0.29, 0.717) is 12.2 Å². The van der Waals surface area contributed by atoms with Crippen molar-refractivity contribution < 1.29 is 22.7 Å². The van der Waals surface area contributed by atoms with Gasteiger partial charge in [-0.05, 0) is 31.0 Å². The van der Waals surface area contributed by atoms with Crippen molar-refractivity contribution in [3.05, 3.63) is 29.8 Å². The fourth-order valence-electron chi connectivity index (χ4n) is 1.47. The standard InChI is InChI=1S/C12H14F3NO2/c1-8(16-11(17)12(13,14)15)7-9-3-5-10(18-2)6-4-9/h3-6,8H,7H2,1-2H3,(H,16,17)/t8-/m0/s1. The zero-order valence-electron chi connectivity index (χ0n) is 10.0. The number of benzene rings is 1. The molecule has 0 bridgehead atoms. The van der Waals surface area contributed by atoms with E-state index >= 15 is 0 Å². The minimum atomic E-state index is -4.84. The quantitative estimate of drug-likeness (QED) is 0.903. The third-order valence-electron chi connectivity index (χ3n) is 2.34. The van der Waals surface area contributed by atoms with Gasteiger partial charge >= 0.3 is 12.1 Å². The Kier molecular flexibility index (Phi) is 4.58. The van der Waals surface area contributed by atoms with Gasteiger partial charge < -0.3 is 10.1 Å². The second kappa shape index (κ2) is 5.75. The lowest BCUT2D eigenvalue weighted by Gasteiger charge is -2.15. The highest BCUT2D eigenvalue weighted by molar-refractivity contribution is 5.81. The zero-order valence-corrected chi connectivity index (χ0v) is 10.0. The number of alkyl halides is 3. The molecule has 0 aromatic heterocycles. The van der Waals surface area contributed by atoms with Crippen LogP contribution in [0.25, 0.3) is 0 Å². The number of ether oxygens (including phenoxy) is 1. The molecule has 1 rings (SSSR count). The van der Waals surface area contributed by atoms with E-state index in [1.54, 1.807) is 24.3 Å². The third-order valence-corrected chi connectivity index (χ3v) is 2.34. The van der Waals surface area contributed by atoms with Crippen LogP contribution in [0.5, 0.6) is 5.75 Å². The molecule has 3 nitrogen and oxygen atoms in total. The molecule has 0 radical (unpaired) electrons. The maximum absolute atomic E-state index is 12.0. The lowest BCUT2D eigenvalue weighted by Crippen LogP contribution is -2.42. The SMILES string of the molecule is COc1ccc(C[C@H](C)NC(=O)C(F)(F)F)cc1. The molecular formula is C12H14F3NO2. The van der Waals surface area contributed by atoms with Crippen molar-refractivity contribution in [1.82, 2.24) is 5.32 Å². The molecule has 18 heavy (non-hydrogen) atoms. The van der Waals surface area contributed by atoms with Crippen LogP contribution in [0, 0.1) is 0 Å². The Bertz CT molecular complexity index is 401. The molecule has 0 aliphatic rings. The van der Waals surface area contributed by atoms with Crippen LogP contribution < -0.4 is 10.1 Å². The highest BCUT2D eigenvalue weighted by atomic mass is 19.4. The monoisotopic (exact) mass is 261 g/mol. The molecule has 1 atom stereocenters. The highest BCUT2D eigenvalue weighted by Crippen LogP contribution is 2.16. The van der Waals surface area contributed by atoms with Crippen LogP contribution in [-0.2, 0) is 11.2 Å². The largest absolute Gasteiger partial charge is 0.497 e. The smallest absolute Gasteiger partial charge is 0.471 e. The van der Waals surface area contributed by atoms with Crippen molar-refractivity contribution in [3.8, 4) is 5.75 Å². The number of halogens is 3. The lowest BCUT2D eigenvalue weighted by molar-refractivity contribution is -0.174. The van der Waals surface area contributed by atoms with Crippen LogP contribution in [0.3, 0.4) is 0 Å². The summed E-state index contributed by atoms with van der Waals surface area (Å²) in [7, 11) is 1.53. The first-order chi connectivity index (χ1) is 8.32. The van der Waals surface area contributed by atoms with E-state index in [1.807, 2.05) is 5.32 Å². The summed E-state index contributed by atoms with van der Waals surface area (Å²) in [4.78, 5) is 10.7. The molecule has 0 unspecified atom stereocenters. The molecule has 0 saturated heterocycles. The molecule has 0 saturated carbocycles. The first-order valence-corrected chi connectivity index (χ1v) is 5.33. The average Bonchev–Trinajstić information content (AvgIpc) is 2.28. The molecule has 0 fully saturated rings. The number of carbonyl (C=O) groups excluding carboxylic acids is 1. The lowest BCUT2D eigenvalue weighted by atomic mass is 10.1. The van der Waals surface area contributed by atoms with Gasteiger partial charge in [0.1, 0.15) is 5.75 Å². The van der Waals surface area contributed by atoms with Gasteiger partial charge in [-0.1, -0.05) is 12.1 Å². The van der Waals surface area contributed by atoms with Crippen molar-refractivity contribution >= 4 is 5.91 Å². The van der Waals surface area contributed by atoms with Crippen LogP contribution in [0.1, 0.15) is 12.5 Å². The van der Waals surface area contributed by atoms with E-state index in [-0.39, 0.29) is 0 Å². The van der Waals surface area contributed by atoms with Crippen LogP contribution in [0.15, 0.2) is 24.3 Å². The van der Waals surface area contributed by atoms with E-state index in [1.165, 1.54) is 14.0 Å². The first kappa shape index (κ1) is 14.3. The highest BCUT2D eigenvalue weighted by Gasteiger charge is 2.39. The summed E-state index contributed by atoms with van der Waals surface area (Å²) in [6.07, 6.45) is -4.51. The van der Waals surface area contributed by atoms with Crippen molar-refractivity contribution in [2.45, 2.75) is 25.6 Å². The van der Waals surface area contributed by atoms with E-state index < -0.39 is 18.1 Å². The summed E-state index contributed by atoms with van der Waals surface area (Å²) in [5.41, 5.74) is 0.825. The number of hydrogen-bond donors (Lipinski definition) is 1. The minimum absolute atomic E-state index is 0.325. The Hall–Kier alpha value is -1.72. The zero-order chi connectivity index (χ0) is 13.8. The number of amides is 1. The summed E-state index contributed by atoms with van der Waals surface area (Å²) in [6, 6.07) is 6.33. The summed E-state index contributed by atoms with van der Waals surface area (Å²) < 4.78 is 41.0. The Balaban J connectivity index is 2.54. The Morgan fingerprint density at radius 2 is 1.89 bits per heavy atom. The van der Waals surface area contributed by atoms with Gasteiger partial charge in [0, 0.05) is 6.04 Å². The van der Waals surface area contributed by atoms with Crippen LogP contribution in [0.4, 0.5) is 13.2 Å². The van der Waals surface area contributed by atoms with Gasteiger partial charge in [0.2, 0.25) is 0 Å². The number of hydrogen-bond acceptors (Lipinski definition) is 2. The Morgan fingerprint density at radius 3 is 2.33 bits per heavy atom. The van der Waals surface area contributed by atoms with Crippen molar-refractivity contribution in [3.63, 3.8) is 0 Å². The number of rotatable bonds is 4. The Morgan fingerprint density at radius 1 is 1.33 bits per heavy atom. The van der Waals surface area contributed by atoms with E-state index in [4.69, 9.17) is 4.74 Å². The van der Waals surface area contributed by atoms with Gasteiger partial charge in [-0.25, -0.2) is 0 Å². The summed E-state index contributed by atoms with van der Waals surface area (Å²) in [6.45, 7) is 1.52. The maximum atomic E-state index is 12.0. The second-order valence-corrected chi connectivity index (χ2v) is 3.92. The first-order valence-electron chi connectivity index (χ1n) is 5.33. The van der Waals surface area contributed by atoms with Crippen molar-refractivity contribution in [1.29, 1.82) is 0 Å². The molecule has 1 N–H and O–H groups in total. The second-order valence-electron chi connectivity index (χ2n) is 3.92. The van der Waals surface area contributed by atoms with Crippen LogP contribution >= 0.6 is 0 Å². The van der Waals surface area contributed by atoms with Crippen molar-refractivity contribution in [2.75, 3.05) is 7.11 Å². The summed E-state index contributed by atoms with van der Waals surface area (Å²) in [5, 5.41) is 1.90. The average molecular weight is 261 g/mol. The molecule has 100 valence electrons. The van der Waals surface area contributed by atoms with Gasteiger partial charge in [-0.2, -0.15) is 13.2 Å². The topological polar surface area (TPSA) is 38.3 Å². The molecule has 0 heterocycles. The minimum Gasteiger partial charge on any atom is -0.497 e. The van der Waals surface area contributed by atoms with Gasteiger partial charge in [-0.15, -0.1) is 0 Å². The Labute approximate surface area is 103 Å². The number of methoxy groups -OCH3 is 1. The van der Waals surface area contributed by atoms with Crippen molar-refractivity contribution in [2.24, 2.45) is 0 Å². The van der Waals surface area contributed by atoms with Crippen LogP contribution in [0.2, 0.25) is 0 Å². The van der Waals surface area contributed by atoms with Gasteiger partial charge in [0.05, 0.1) is 7.11 Å². The van der Waals surface area contributed by atoms with Gasteiger partial charge in [-0.3, -0.25) is 4.79 Å². The normalized spacial score (nSPS) is 12.9. The molecule has 0 spiro atoms. The number of carbonyl (C=O) groups is 1. The van der Waals surface area contributed by atoms with E-state index in [9.17, 15) is 18.0 Å². The maximum Gasteiger partial charge on any atom is 0.471 e. The summed E-state index contributed by atoms with van der Waals surface area (Å²) >= 11 is 0. The van der Waals surface area contributed by atoms with E-state index in [0.717, 1.165) is 5.56 Å². The predicted molar refractivity (Wildman–Crippen MR) is 60.4 cm³/mol. The fraction of sp³-hybridized carbons (Fsp3) is 0.417. The molecule has 1 aromatic rings. The fourth-order valence-corrected chi connectivity index (χ4v) is 1.47. The molecular weight excluding hydrogens is 247 g/mol. The van der Waals surface area contributed by atoms with Gasteiger partial charge in [0.15, 0.2) is 0 Å². The number of nitrogens with one attached hydrogen (secondary N) is 1. The molecule has 0 aliphatic heterocycles. The molecule has 0 aliphatic carbocycles. The predicted octanol–water partition coefficient (Wildman–Crippen LogP) is 2.30. The molecule has 6 heteroatoms. The summed E-state index contributed by atoms with van der Waals surface area (Å²) in [5.74, 6) is -1.24. The third kappa shape index (κ3) is 4.27. The van der Waals surface area contributed by atoms with Crippen LogP contribution in [-0.4, -0.2) is 25.2 Å². The molecule has 1 aromatic carbocycles. The van der Waals surface area contributed by atoms with E-state index in [2.05, 4.69) is 0 Å². The molecule has 1 amide bonds. The van der Waals surface area contributed by atoms with Gasteiger partial charge in [0.25, 0.3) is 0 Å².